The van der Waals surface area contributed by atoms with Crippen LogP contribution in [0.4, 0.5) is 5.82 Å². The van der Waals surface area contributed by atoms with Crippen molar-refractivity contribution in [3.05, 3.63) is 24.4 Å². The summed E-state index contributed by atoms with van der Waals surface area (Å²) in [5.74, 6) is 1.26. The Hall–Kier alpha value is -1.62. The average molecular weight is 303 g/mol. The number of amides is 1. The molecule has 1 atom stereocenters. The van der Waals surface area contributed by atoms with E-state index in [0.717, 1.165) is 38.0 Å². The lowest BCUT2D eigenvalue weighted by molar-refractivity contribution is -0.136. The van der Waals surface area contributed by atoms with Crippen molar-refractivity contribution in [2.75, 3.05) is 31.6 Å². The van der Waals surface area contributed by atoms with Crippen LogP contribution in [0.25, 0.3) is 0 Å². The van der Waals surface area contributed by atoms with E-state index in [2.05, 4.69) is 9.88 Å². The summed E-state index contributed by atoms with van der Waals surface area (Å²) in [5, 5.41) is 10.8. The molecule has 1 saturated heterocycles. The van der Waals surface area contributed by atoms with Gasteiger partial charge in [-0.15, -0.1) is 0 Å². The van der Waals surface area contributed by atoms with Gasteiger partial charge in [0.25, 0.3) is 0 Å². The van der Waals surface area contributed by atoms with Gasteiger partial charge in [-0.3, -0.25) is 4.79 Å². The first-order valence-corrected chi connectivity index (χ1v) is 8.21. The number of hydrogen-bond donors (Lipinski definition) is 1. The van der Waals surface area contributed by atoms with E-state index in [1.54, 1.807) is 11.1 Å². The fourth-order valence-corrected chi connectivity index (χ4v) is 3.73. The molecular formula is C17H25N3O2. The van der Waals surface area contributed by atoms with Crippen molar-refractivity contribution < 1.29 is 9.90 Å². The van der Waals surface area contributed by atoms with Crippen molar-refractivity contribution in [2.45, 2.75) is 37.7 Å². The van der Waals surface area contributed by atoms with Gasteiger partial charge in [0, 0.05) is 32.3 Å². The fraction of sp³-hybridized carbons (Fsp3) is 0.647. The Labute approximate surface area is 131 Å². The summed E-state index contributed by atoms with van der Waals surface area (Å²) in [6.07, 6.45) is 6.75. The Bertz CT molecular complexity index is 516. The number of carbonyl (C=O) groups excluding carboxylic acids is 1. The number of likely N-dealkylation sites (N-methyl/N-ethyl adjacent to an activating group) is 1. The molecule has 1 amide bonds. The molecule has 22 heavy (non-hydrogen) atoms. The van der Waals surface area contributed by atoms with Gasteiger partial charge in [0.15, 0.2) is 0 Å². The van der Waals surface area contributed by atoms with Gasteiger partial charge in [0.2, 0.25) is 5.91 Å². The lowest BCUT2D eigenvalue weighted by Crippen LogP contribution is -2.47. The van der Waals surface area contributed by atoms with E-state index in [9.17, 15) is 9.90 Å². The van der Waals surface area contributed by atoms with Crippen LogP contribution in [-0.2, 0) is 4.79 Å². The van der Waals surface area contributed by atoms with Gasteiger partial charge >= 0.3 is 0 Å². The second-order valence-corrected chi connectivity index (χ2v) is 6.76. The molecule has 2 aliphatic rings. The summed E-state index contributed by atoms with van der Waals surface area (Å²) in [4.78, 5) is 20.6. The molecular weight excluding hydrogens is 278 g/mol. The monoisotopic (exact) mass is 303 g/mol. The van der Waals surface area contributed by atoms with Crippen molar-refractivity contribution in [3.63, 3.8) is 0 Å². The number of nitrogens with zero attached hydrogens (tertiary/aromatic N) is 3. The lowest BCUT2D eigenvalue weighted by atomic mass is 10.0. The third-order valence-corrected chi connectivity index (χ3v) is 4.92. The highest BCUT2D eigenvalue weighted by molar-refractivity contribution is 5.78. The minimum Gasteiger partial charge on any atom is -0.386 e. The molecule has 0 unspecified atom stereocenters. The number of rotatable bonds is 4. The van der Waals surface area contributed by atoms with Crippen LogP contribution in [0.3, 0.4) is 0 Å². The molecule has 1 aromatic heterocycles. The molecule has 1 aromatic rings. The molecule has 3 rings (SSSR count). The van der Waals surface area contributed by atoms with E-state index in [0.29, 0.717) is 19.5 Å². The van der Waals surface area contributed by atoms with Gasteiger partial charge in [-0.1, -0.05) is 18.9 Å². The summed E-state index contributed by atoms with van der Waals surface area (Å²) in [6.45, 7) is 1.72. The maximum Gasteiger partial charge on any atom is 0.225 e. The predicted molar refractivity (Wildman–Crippen MR) is 85.6 cm³/mol. The molecule has 0 radical (unpaired) electrons. The Morgan fingerprint density at radius 3 is 2.91 bits per heavy atom. The third kappa shape index (κ3) is 3.24. The van der Waals surface area contributed by atoms with Gasteiger partial charge in [-0.05, 0) is 31.4 Å². The number of carbonyl (C=O) groups is 1. The van der Waals surface area contributed by atoms with E-state index in [1.165, 1.54) is 0 Å². The zero-order valence-corrected chi connectivity index (χ0v) is 13.2. The van der Waals surface area contributed by atoms with E-state index < -0.39 is 5.60 Å². The largest absolute Gasteiger partial charge is 0.386 e. The molecule has 5 heteroatoms. The highest BCUT2D eigenvalue weighted by atomic mass is 16.3. The van der Waals surface area contributed by atoms with Crippen molar-refractivity contribution >= 4 is 11.7 Å². The molecule has 5 nitrogen and oxygen atoms in total. The van der Waals surface area contributed by atoms with Crippen LogP contribution in [0.1, 0.15) is 32.1 Å². The van der Waals surface area contributed by atoms with Gasteiger partial charge in [0.05, 0.1) is 6.54 Å². The first kappa shape index (κ1) is 15.3. The van der Waals surface area contributed by atoms with Crippen LogP contribution in [-0.4, -0.2) is 53.2 Å². The van der Waals surface area contributed by atoms with Gasteiger partial charge in [-0.25, -0.2) is 4.98 Å². The lowest BCUT2D eigenvalue weighted by Gasteiger charge is -2.30. The SMILES string of the molecule is CN(C[C@@]1(O)CCN(c2ccccn2)C1)C(=O)C1CCCC1. The van der Waals surface area contributed by atoms with Crippen molar-refractivity contribution in [1.29, 1.82) is 0 Å². The second-order valence-electron chi connectivity index (χ2n) is 6.76. The quantitative estimate of drug-likeness (QED) is 0.919. The van der Waals surface area contributed by atoms with Crippen molar-refractivity contribution in [3.8, 4) is 0 Å². The van der Waals surface area contributed by atoms with Crippen LogP contribution in [0.5, 0.6) is 0 Å². The summed E-state index contributed by atoms with van der Waals surface area (Å²) in [7, 11) is 1.82. The molecule has 0 bridgehead atoms. The Kier molecular flexibility index (Phi) is 4.34. The topological polar surface area (TPSA) is 56.7 Å². The molecule has 0 spiro atoms. The highest BCUT2D eigenvalue weighted by Crippen LogP contribution is 2.29. The van der Waals surface area contributed by atoms with Gasteiger partial charge in [0.1, 0.15) is 11.4 Å². The van der Waals surface area contributed by atoms with Crippen LogP contribution in [0.2, 0.25) is 0 Å². The summed E-state index contributed by atoms with van der Waals surface area (Å²) < 4.78 is 0. The van der Waals surface area contributed by atoms with Crippen LogP contribution < -0.4 is 4.90 Å². The predicted octanol–water partition coefficient (Wildman–Crippen LogP) is 1.67. The summed E-state index contributed by atoms with van der Waals surface area (Å²) in [6, 6.07) is 5.80. The van der Waals surface area contributed by atoms with Crippen molar-refractivity contribution in [1.82, 2.24) is 9.88 Å². The number of aromatic nitrogens is 1. The maximum atomic E-state index is 12.4. The average Bonchev–Trinajstić information content (AvgIpc) is 3.17. The molecule has 2 heterocycles. The Morgan fingerprint density at radius 2 is 2.23 bits per heavy atom. The number of aliphatic hydroxyl groups is 1. The first-order valence-electron chi connectivity index (χ1n) is 8.21. The zero-order valence-electron chi connectivity index (χ0n) is 13.2. The van der Waals surface area contributed by atoms with Crippen LogP contribution in [0.15, 0.2) is 24.4 Å². The molecule has 2 fully saturated rings. The molecule has 1 aliphatic carbocycles. The van der Waals surface area contributed by atoms with Crippen molar-refractivity contribution in [2.24, 2.45) is 5.92 Å². The highest BCUT2D eigenvalue weighted by Gasteiger charge is 2.39. The smallest absolute Gasteiger partial charge is 0.225 e. The molecule has 120 valence electrons. The van der Waals surface area contributed by atoms with Crippen LogP contribution >= 0.6 is 0 Å². The Morgan fingerprint density at radius 1 is 1.45 bits per heavy atom. The fourth-order valence-electron chi connectivity index (χ4n) is 3.73. The second kappa shape index (κ2) is 6.24. The van der Waals surface area contributed by atoms with Gasteiger partial charge in [-0.2, -0.15) is 0 Å². The number of anilines is 1. The molecule has 0 aromatic carbocycles. The van der Waals surface area contributed by atoms with Crippen LogP contribution in [0, 0.1) is 5.92 Å². The van der Waals surface area contributed by atoms with E-state index in [-0.39, 0.29) is 11.8 Å². The molecule has 1 aliphatic heterocycles. The summed E-state index contributed by atoms with van der Waals surface area (Å²) >= 11 is 0. The normalized spacial score (nSPS) is 25.6. The number of hydrogen-bond acceptors (Lipinski definition) is 4. The molecule has 1 N–H and O–H groups in total. The number of pyridine rings is 1. The van der Waals surface area contributed by atoms with Gasteiger partial charge < -0.3 is 14.9 Å². The minimum absolute atomic E-state index is 0.168. The Balaban J connectivity index is 1.59. The third-order valence-electron chi connectivity index (χ3n) is 4.92. The first-order chi connectivity index (χ1) is 10.6. The number of β-amino-alcohol motifs (C(OH)–C–C–N with tert-alkyl or cyclic N) is 1. The maximum absolute atomic E-state index is 12.4. The van der Waals surface area contributed by atoms with E-state index in [4.69, 9.17) is 0 Å². The minimum atomic E-state index is -0.833. The summed E-state index contributed by atoms with van der Waals surface area (Å²) in [5.41, 5.74) is -0.833. The molecule has 1 saturated carbocycles. The zero-order chi connectivity index (χ0) is 15.6. The van der Waals surface area contributed by atoms with E-state index >= 15 is 0 Å². The van der Waals surface area contributed by atoms with E-state index in [1.807, 2.05) is 25.2 Å². The standard InChI is InChI=1S/C17H25N3O2/c1-19(16(21)14-6-2-3-7-14)12-17(22)9-11-20(13-17)15-8-4-5-10-18-15/h4-5,8,10,14,22H,2-3,6-7,9,11-13H2,1H3/t17-/m0/s1.